The molecule has 102 valence electrons. The predicted molar refractivity (Wildman–Crippen MR) is 81.1 cm³/mol. The number of benzene rings is 1. The summed E-state index contributed by atoms with van der Waals surface area (Å²) in [6.07, 6.45) is 5.28. The van der Waals surface area contributed by atoms with Crippen LogP contribution in [0.1, 0.15) is 45.2 Å². The monoisotopic (exact) mass is 257 g/mol. The van der Waals surface area contributed by atoms with Crippen LogP contribution in [0.5, 0.6) is 0 Å². The molecule has 3 nitrogen and oxygen atoms in total. The minimum atomic E-state index is 0.385. The van der Waals surface area contributed by atoms with Crippen molar-refractivity contribution in [2.24, 2.45) is 0 Å². The summed E-state index contributed by atoms with van der Waals surface area (Å²) in [6.45, 7) is 6.50. The van der Waals surface area contributed by atoms with Gasteiger partial charge in [-0.3, -0.25) is 4.68 Å². The van der Waals surface area contributed by atoms with E-state index in [-0.39, 0.29) is 0 Å². The molecule has 0 saturated heterocycles. The van der Waals surface area contributed by atoms with Crippen molar-refractivity contribution in [1.82, 2.24) is 9.78 Å². The summed E-state index contributed by atoms with van der Waals surface area (Å²) in [5.74, 6) is 0. The molecule has 1 heterocycles. The highest BCUT2D eigenvalue weighted by atomic mass is 15.3. The van der Waals surface area contributed by atoms with E-state index in [1.165, 1.54) is 12.0 Å². The van der Waals surface area contributed by atoms with Crippen LogP contribution in [0.2, 0.25) is 0 Å². The molecule has 0 saturated carbocycles. The Kier molecular flexibility index (Phi) is 4.25. The van der Waals surface area contributed by atoms with Gasteiger partial charge in [0.15, 0.2) is 0 Å². The average molecular weight is 257 g/mol. The van der Waals surface area contributed by atoms with Crippen molar-refractivity contribution < 1.29 is 0 Å². The standard InChI is InChI=1S/C16H23N3/c1-4-6-13-7-9-14(10-8-13)16-15(17)11-19(18-16)12(3)5-2/h7-12H,4-6,17H2,1-3H3. The summed E-state index contributed by atoms with van der Waals surface area (Å²) in [7, 11) is 0. The summed E-state index contributed by atoms with van der Waals surface area (Å²) in [4.78, 5) is 0. The van der Waals surface area contributed by atoms with Crippen LogP contribution in [0.4, 0.5) is 5.69 Å². The molecule has 2 aromatic rings. The molecular formula is C16H23N3. The molecule has 3 heteroatoms. The number of hydrogen-bond acceptors (Lipinski definition) is 2. The second kappa shape index (κ2) is 5.91. The first kappa shape index (κ1) is 13.7. The molecule has 0 spiro atoms. The summed E-state index contributed by atoms with van der Waals surface area (Å²) < 4.78 is 1.96. The normalized spacial score (nSPS) is 12.6. The Bertz CT molecular complexity index is 525. The zero-order valence-corrected chi connectivity index (χ0v) is 12.1. The first-order chi connectivity index (χ1) is 9.15. The molecule has 1 aromatic heterocycles. The summed E-state index contributed by atoms with van der Waals surface area (Å²) in [5.41, 5.74) is 10.2. The Morgan fingerprint density at radius 2 is 1.89 bits per heavy atom. The van der Waals surface area contributed by atoms with Gasteiger partial charge in [-0.25, -0.2) is 0 Å². The van der Waals surface area contributed by atoms with Gasteiger partial charge in [0.25, 0.3) is 0 Å². The van der Waals surface area contributed by atoms with Crippen LogP contribution in [-0.4, -0.2) is 9.78 Å². The fraction of sp³-hybridized carbons (Fsp3) is 0.438. The summed E-state index contributed by atoms with van der Waals surface area (Å²) >= 11 is 0. The number of aromatic nitrogens is 2. The van der Waals surface area contributed by atoms with Crippen LogP contribution >= 0.6 is 0 Å². The molecule has 0 aliphatic rings. The van der Waals surface area contributed by atoms with Crippen LogP contribution in [0.3, 0.4) is 0 Å². The quantitative estimate of drug-likeness (QED) is 0.878. The van der Waals surface area contributed by atoms with Crippen molar-refractivity contribution in [2.75, 3.05) is 5.73 Å². The van der Waals surface area contributed by atoms with Crippen molar-refractivity contribution in [1.29, 1.82) is 0 Å². The minimum absolute atomic E-state index is 0.385. The second-order valence-corrected chi connectivity index (χ2v) is 5.12. The maximum Gasteiger partial charge on any atom is 0.115 e. The van der Waals surface area contributed by atoms with Gasteiger partial charge in [-0.05, 0) is 25.3 Å². The van der Waals surface area contributed by atoms with Gasteiger partial charge in [0, 0.05) is 17.8 Å². The second-order valence-electron chi connectivity index (χ2n) is 5.12. The van der Waals surface area contributed by atoms with E-state index in [1.807, 2.05) is 10.9 Å². The van der Waals surface area contributed by atoms with Crippen molar-refractivity contribution >= 4 is 5.69 Å². The molecule has 0 fully saturated rings. The van der Waals surface area contributed by atoms with E-state index in [2.05, 4.69) is 50.1 Å². The van der Waals surface area contributed by atoms with Gasteiger partial charge in [-0.2, -0.15) is 5.10 Å². The number of anilines is 1. The fourth-order valence-electron chi connectivity index (χ4n) is 2.16. The highest BCUT2D eigenvalue weighted by Crippen LogP contribution is 2.26. The molecule has 0 aliphatic carbocycles. The van der Waals surface area contributed by atoms with Crippen molar-refractivity contribution in [3.05, 3.63) is 36.0 Å². The molecule has 1 aromatic carbocycles. The van der Waals surface area contributed by atoms with Gasteiger partial charge in [-0.1, -0.05) is 44.5 Å². The van der Waals surface area contributed by atoms with E-state index in [1.54, 1.807) is 0 Å². The Balaban J connectivity index is 2.28. The van der Waals surface area contributed by atoms with E-state index in [0.717, 1.165) is 29.8 Å². The zero-order valence-electron chi connectivity index (χ0n) is 12.1. The van der Waals surface area contributed by atoms with Crippen LogP contribution < -0.4 is 5.73 Å². The third-order valence-corrected chi connectivity index (χ3v) is 3.57. The molecule has 2 N–H and O–H groups in total. The molecule has 2 rings (SSSR count). The van der Waals surface area contributed by atoms with Gasteiger partial charge >= 0.3 is 0 Å². The first-order valence-corrected chi connectivity index (χ1v) is 7.09. The predicted octanol–water partition coefficient (Wildman–Crippen LogP) is 4.06. The van der Waals surface area contributed by atoms with E-state index in [4.69, 9.17) is 5.73 Å². The molecule has 1 unspecified atom stereocenters. The van der Waals surface area contributed by atoms with Gasteiger partial charge in [-0.15, -0.1) is 0 Å². The molecule has 19 heavy (non-hydrogen) atoms. The summed E-state index contributed by atoms with van der Waals surface area (Å²) in [6, 6.07) is 8.95. The van der Waals surface area contributed by atoms with Gasteiger partial charge < -0.3 is 5.73 Å². The maximum absolute atomic E-state index is 6.08. The van der Waals surface area contributed by atoms with E-state index in [0.29, 0.717) is 6.04 Å². The third-order valence-electron chi connectivity index (χ3n) is 3.57. The van der Waals surface area contributed by atoms with Gasteiger partial charge in [0.2, 0.25) is 0 Å². The lowest BCUT2D eigenvalue weighted by atomic mass is 10.1. The van der Waals surface area contributed by atoms with Crippen molar-refractivity contribution in [2.45, 2.75) is 46.1 Å². The smallest absolute Gasteiger partial charge is 0.115 e. The number of nitrogens with zero attached hydrogens (tertiary/aromatic N) is 2. The molecule has 0 aliphatic heterocycles. The molecule has 1 atom stereocenters. The third kappa shape index (κ3) is 2.98. The topological polar surface area (TPSA) is 43.8 Å². The lowest BCUT2D eigenvalue weighted by Crippen LogP contribution is -2.04. The molecule has 0 radical (unpaired) electrons. The highest BCUT2D eigenvalue weighted by Gasteiger charge is 2.11. The number of nitrogens with two attached hydrogens (primary N) is 1. The van der Waals surface area contributed by atoms with Gasteiger partial charge in [0.1, 0.15) is 5.69 Å². The largest absolute Gasteiger partial charge is 0.396 e. The average Bonchev–Trinajstić information content (AvgIpc) is 2.81. The molecule has 0 amide bonds. The first-order valence-electron chi connectivity index (χ1n) is 7.09. The van der Waals surface area contributed by atoms with Crippen LogP contribution in [-0.2, 0) is 6.42 Å². The Morgan fingerprint density at radius 1 is 1.21 bits per heavy atom. The Labute approximate surface area is 115 Å². The van der Waals surface area contributed by atoms with E-state index >= 15 is 0 Å². The minimum Gasteiger partial charge on any atom is -0.396 e. The molecule has 0 bridgehead atoms. The SMILES string of the molecule is CCCc1ccc(-c2nn(C(C)CC)cc2N)cc1. The van der Waals surface area contributed by atoms with E-state index < -0.39 is 0 Å². The summed E-state index contributed by atoms with van der Waals surface area (Å²) in [5, 5.41) is 4.62. The van der Waals surface area contributed by atoms with E-state index in [9.17, 15) is 0 Å². The Hall–Kier alpha value is -1.77. The number of nitrogen functional groups attached to an aromatic ring is 1. The lowest BCUT2D eigenvalue weighted by molar-refractivity contribution is 0.479. The van der Waals surface area contributed by atoms with Crippen LogP contribution in [0, 0.1) is 0 Å². The number of aryl methyl sites for hydroxylation is 1. The van der Waals surface area contributed by atoms with Crippen molar-refractivity contribution in [3.8, 4) is 11.3 Å². The number of hydrogen-bond donors (Lipinski definition) is 1. The van der Waals surface area contributed by atoms with Crippen LogP contribution in [0.25, 0.3) is 11.3 Å². The lowest BCUT2D eigenvalue weighted by Gasteiger charge is -2.08. The Morgan fingerprint density at radius 3 is 2.47 bits per heavy atom. The highest BCUT2D eigenvalue weighted by molar-refractivity contribution is 5.72. The zero-order chi connectivity index (χ0) is 13.8. The van der Waals surface area contributed by atoms with Gasteiger partial charge in [0.05, 0.1) is 5.69 Å². The fourth-order valence-corrected chi connectivity index (χ4v) is 2.16. The molecular weight excluding hydrogens is 234 g/mol. The maximum atomic E-state index is 6.08. The van der Waals surface area contributed by atoms with Crippen molar-refractivity contribution in [3.63, 3.8) is 0 Å². The number of rotatable bonds is 5. The van der Waals surface area contributed by atoms with Crippen LogP contribution in [0.15, 0.2) is 30.5 Å².